The molecule has 3 N–H and O–H groups in total. The predicted octanol–water partition coefficient (Wildman–Crippen LogP) is 2.31. The average Bonchev–Trinajstić information content (AvgIpc) is 2.67. The van der Waals surface area contributed by atoms with Crippen molar-refractivity contribution in [1.82, 2.24) is 10.2 Å². The van der Waals surface area contributed by atoms with E-state index in [9.17, 15) is 4.79 Å². The third-order valence-corrected chi connectivity index (χ3v) is 4.87. The van der Waals surface area contributed by atoms with Crippen LogP contribution in [-0.4, -0.2) is 42.5 Å². The Bertz CT molecular complexity index is 304. The molecule has 0 radical (unpaired) electrons. The molecule has 0 aromatic heterocycles. The van der Waals surface area contributed by atoms with Crippen LogP contribution < -0.4 is 11.1 Å². The number of hydrogen-bond donors (Lipinski definition) is 2. The molecule has 0 aromatic carbocycles. The van der Waals surface area contributed by atoms with Crippen LogP contribution in [-0.2, 0) is 4.79 Å². The third-order valence-electron chi connectivity index (χ3n) is 4.87. The molecule has 1 aliphatic carbocycles. The van der Waals surface area contributed by atoms with Gasteiger partial charge in [-0.15, -0.1) is 12.4 Å². The summed E-state index contributed by atoms with van der Waals surface area (Å²) in [4.78, 5) is 14.5. The van der Waals surface area contributed by atoms with E-state index >= 15 is 0 Å². The van der Waals surface area contributed by atoms with Gasteiger partial charge in [-0.25, -0.2) is 0 Å². The number of carbonyl (C=O) groups excluding carboxylic acids is 1. The van der Waals surface area contributed by atoms with E-state index in [2.05, 4.69) is 17.1 Å². The number of halogens is 1. The molecule has 0 aromatic rings. The molecule has 1 aliphatic heterocycles. The van der Waals surface area contributed by atoms with Crippen molar-refractivity contribution in [2.75, 3.05) is 19.6 Å². The van der Waals surface area contributed by atoms with Crippen molar-refractivity contribution in [3.63, 3.8) is 0 Å². The summed E-state index contributed by atoms with van der Waals surface area (Å²) in [6.07, 6.45) is 9.88. The first kappa shape index (κ1) is 18.7. The maximum atomic E-state index is 12.2. The summed E-state index contributed by atoms with van der Waals surface area (Å²) < 4.78 is 0. The Morgan fingerprint density at radius 2 is 1.86 bits per heavy atom. The lowest BCUT2D eigenvalue weighted by atomic mass is 9.92. The van der Waals surface area contributed by atoms with Crippen molar-refractivity contribution in [3.05, 3.63) is 0 Å². The van der Waals surface area contributed by atoms with Crippen molar-refractivity contribution < 1.29 is 4.79 Å². The minimum atomic E-state index is 0. The minimum Gasteiger partial charge on any atom is -0.352 e. The Balaban J connectivity index is 0.00000220. The molecule has 21 heavy (non-hydrogen) atoms. The maximum Gasteiger partial charge on any atom is 0.234 e. The van der Waals surface area contributed by atoms with Gasteiger partial charge in [0.1, 0.15) is 0 Å². The molecular weight excluding hydrogens is 286 g/mol. The van der Waals surface area contributed by atoms with Gasteiger partial charge in [0.2, 0.25) is 5.91 Å². The zero-order valence-electron chi connectivity index (χ0n) is 13.4. The zero-order chi connectivity index (χ0) is 14.4. The predicted molar refractivity (Wildman–Crippen MR) is 89.7 cm³/mol. The highest BCUT2D eigenvalue weighted by Crippen LogP contribution is 2.19. The summed E-state index contributed by atoms with van der Waals surface area (Å²) in [6.45, 7) is 4.66. The van der Waals surface area contributed by atoms with Gasteiger partial charge in [-0.1, -0.05) is 25.7 Å². The number of rotatable bonds is 4. The fourth-order valence-corrected chi connectivity index (χ4v) is 3.56. The first-order valence-corrected chi connectivity index (χ1v) is 8.42. The average molecular weight is 318 g/mol. The fraction of sp³-hybridized carbons (Fsp3) is 0.938. The Morgan fingerprint density at radius 3 is 2.48 bits per heavy atom. The van der Waals surface area contributed by atoms with Gasteiger partial charge >= 0.3 is 0 Å². The van der Waals surface area contributed by atoms with Crippen LogP contribution in [0.15, 0.2) is 0 Å². The van der Waals surface area contributed by atoms with Crippen molar-refractivity contribution >= 4 is 18.3 Å². The number of piperidine rings is 1. The number of nitrogens with zero attached hydrogens (tertiary/aromatic N) is 1. The summed E-state index contributed by atoms with van der Waals surface area (Å²) >= 11 is 0. The van der Waals surface area contributed by atoms with Crippen LogP contribution in [0.3, 0.4) is 0 Å². The molecule has 0 spiro atoms. The Labute approximate surface area is 135 Å². The van der Waals surface area contributed by atoms with Crippen molar-refractivity contribution in [2.24, 2.45) is 11.7 Å². The summed E-state index contributed by atoms with van der Waals surface area (Å²) in [7, 11) is 0. The van der Waals surface area contributed by atoms with Crippen LogP contribution in [0.4, 0.5) is 0 Å². The lowest BCUT2D eigenvalue weighted by Gasteiger charge is -2.34. The Hall–Kier alpha value is -0.320. The summed E-state index contributed by atoms with van der Waals surface area (Å²) in [5, 5.41) is 3.24. The molecule has 1 saturated carbocycles. The van der Waals surface area contributed by atoms with Gasteiger partial charge in [0.05, 0.1) is 6.54 Å². The highest BCUT2D eigenvalue weighted by molar-refractivity contribution is 5.85. The number of likely N-dealkylation sites (tertiary alicyclic amines) is 1. The van der Waals surface area contributed by atoms with E-state index in [1.165, 1.54) is 38.5 Å². The van der Waals surface area contributed by atoms with E-state index in [0.29, 0.717) is 18.5 Å². The van der Waals surface area contributed by atoms with Gasteiger partial charge in [0.25, 0.3) is 0 Å². The molecule has 4 nitrogen and oxygen atoms in total. The van der Waals surface area contributed by atoms with Crippen LogP contribution in [0, 0.1) is 5.92 Å². The van der Waals surface area contributed by atoms with Crippen molar-refractivity contribution in [3.8, 4) is 0 Å². The van der Waals surface area contributed by atoms with Gasteiger partial charge in [-0.3, -0.25) is 9.69 Å². The van der Waals surface area contributed by atoms with Crippen LogP contribution in [0.5, 0.6) is 0 Å². The highest BCUT2D eigenvalue weighted by atomic mass is 35.5. The Morgan fingerprint density at radius 1 is 1.19 bits per heavy atom. The lowest BCUT2D eigenvalue weighted by Crippen LogP contribution is -2.47. The third kappa shape index (κ3) is 6.54. The maximum absolute atomic E-state index is 12.2. The number of carbonyl (C=O) groups is 1. The van der Waals surface area contributed by atoms with Crippen molar-refractivity contribution in [1.29, 1.82) is 0 Å². The molecule has 5 heteroatoms. The normalized spacial score (nSPS) is 26.5. The van der Waals surface area contributed by atoms with E-state index in [0.717, 1.165) is 25.9 Å². The zero-order valence-corrected chi connectivity index (χ0v) is 14.2. The first-order valence-electron chi connectivity index (χ1n) is 8.42. The SMILES string of the molecule is CC(N)C1CCCN(CC(=O)NC2CCCCCC2)C1.Cl. The molecular formula is C16H32ClN3O. The monoisotopic (exact) mass is 317 g/mol. The molecule has 0 bridgehead atoms. The molecule has 1 amide bonds. The van der Waals surface area contributed by atoms with Gasteiger partial charge in [-0.05, 0) is 45.1 Å². The molecule has 2 atom stereocenters. The number of hydrogen-bond acceptors (Lipinski definition) is 3. The van der Waals surface area contributed by atoms with Crippen molar-refractivity contribution in [2.45, 2.75) is 70.4 Å². The van der Waals surface area contributed by atoms with E-state index in [1.54, 1.807) is 0 Å². The molecule has 2 unspecified atom stereocenters. The van der Waals surface area contributed by atoms with Crippen LogP contribution in [0.25, 0.3) is 0 Å². The van der Waals surface area contributed by atoms with Gasteiger partial charge < -0.3 is 11.1 Å². The largest absolute Gasteiger partial charge is 0.352 e. The molecule has 1 saturated heterocycles. The number of nitrogens with two attached hydrogens (primary N) is 1. The quantitative estimate of drug-likeness (QED) is 0.782. The number of nitrogens with one attached hydrogen (secondary N) is 1. The molecule has 124 valence electrons. The van der Waals surface area contributed by atoms with Crippen LogP contribution >= 0.6 is 12.4 Å². The van der Waals surface area contributed by atoms with Gasteiger partial charge in [0, 0.05) is 18.6 Å². The van der Waals surface area contributed by atoms with E-state index in [-0.39, 0.29) is 24.4 Å². The standard InChI is InChI=1S/C16H31N3O.ClH/c1-13(17)14-7-6-10-19(11-14)12-16(20)18-15-8-4-2-3-5-9-15;/h13-15H,2-12,17H2,1H3,(H,18,20);1H. The number of amides is 1. The summed E-state index contributed by atoms with van der Waals surface area (Å²) in [5.41, 5.74) is 6.00. The first-order chi connectivity index (χ1) is 9.65. The topological polar surface area (TPSA) is 58.4 Å². The van der Waals surface area contributed by atoms with Gasteiger partial charge in [0.15, 0.2) is 0 Å². The summed E-state index contributed by atoms with van der Waals surface area (Å²) in [6, 6.07) is 0.654. The van der Waals surface area contributed by atoms with E-state index in [4.69, 9.17) is 5.73 Å². The van der Waals surface area contributed by atoms with Crippen LogP contribution in [0.1, 0.15) is 58.3 Å². The van der Waals surface area contributed by atoms with E-state index in [1.807, 2.05) is 0 Å². The second-order valence-corrected chi connectivity index (χ2v) is 6.75. The fourth-order valence-electron chi connectivity index (χ4n) is 3.56. The second-order valence-electron chi connectivity index (χ2n) is 6.75. The second kappa shape index (κ2) is 9.65. The van der Waals surface area contributed by atoms with Crippen LogP contribution in [0.2, 0.25) is 0 Å². The molecule has 2 rings (SSSR count). The lowest BCUT2D eigenvalue weighted by molar-refractivity contribution is -0.123. The Kier molecular flexibility index (Phi) is 8.60. The smallest absolute Gasteiger partial charge is 0.234 e. The molecule has 2 fully saturated rings. The minimum absolute atomic E-state index is 0. The van der Waals surface area contributed by atoms with Gasteiger partial charge in [-0.2, -0.15) is 0 Å². The van der Waals surface area contributed by atoms with E-state index < -0.39 is 0 Å². The molecule has 2 aliphatic rings. The molecule has 1 heterocycles. The summed E-state index contributed by atoms with van der Waals surface area (Å²) in [5.74, 6) is 0.761. The highest BCUT2D eigenvalue weighted by Gasteiger charge is 2.24.